The van der Waals surface area contributed by atoms with Gasteiger partial charge in [0.1, 0.15) is 0 Å². The molecule has 0 unspecified atom stereocenters. The van der Waals surface area contributed by atoms with E-state index >= 15 is 0 Å². The predicted molar refractivity (Wildman–Crippen MR) is 104 cm³/mol. The molecule has 1 aromatic rings. The SMILES string of the molecule is CSc1nc(C)c(CCC(=O)N2CCN(C(=O)OCC(C)C)CC2)c(=O)[nH]1. The zero-order valence-corrected chi connectivity index (χ0v) is 17.2. The molecule has 0 saturated carbocycles. The van der Waals surface area contributed by atoms with Crippen molar-refractivity contribution in [2.45, 2.75) is 38.8 Å². The van der Waals surface area contributed by atoms with E-state index in [4.69, 9.17) is 4.74 Å². The maximum atomic E-state index is 12.5. The van der Waals surface area contributed by atoms with E-state index in [-0.39, 0.29) is 24.0 Å². The number of nitrogens with zero attached hydrogens (tertiary/aromatic N) is 3. The molecule has 0 atom stereocenters. The predicted octanol–water partition coefficient (Wildman–Crippen LogP) is 1.67. The van der Waals surface area contributed by atoms with Crippen molar-refractivity contribution in [3.63, 3.8) is 0 Å². The standard InChI is InChI=1S/C18H28N4O4S/c1-12(2)11-26-18(25)22-9-7-21(8-10-22)15(23)6-5-14-13(3)19-17(27-4)20-16(14)24/h12H,5-11H2,1-4H3,(H,19,20,24). The number of aromatic amines is 1. The molecule has 150 valence electrons. The number of nitrogens with one attached hydrogen (secondary N) is 1. The maximum absolute atomic E-state index is 12.5. The van der Waals surface area contributed by atoms with Gasteiger partial charge in [0.05, 0.1) is 6.61 Å². The largest absolute Gasteiger partial charge is 0.449 e. The van der Waals surface area contributed by atoms with E-state index in [2.05, 4.69) is 9.97 Å². The number of H-pyrrole nitrogens is 1. The van der Waals surface area contributed by atoms with Crippen molar-refractivity contribution < 1.29 is 14.3 Å². The summed E-state index contributed by atoms with van der Waals surface area (Å²) in [4.78, 5) is 47.0. The van der Waals surface area contributed by atoms with E-state index in [1.165, 1.54) is 11.8 Å². The molecule has 2 rings (SSSR count). The summed E-state index contributed by atoms with van der Waals surface area (Å²) in [6.07, 6.45) is 2.14. The van der Waals surface area contributed by atoms with Crippen LogP contribution in [0.5, 0.6) is 0 Å². The topological polar surface area (TPSA) is 95.6 Å². The van der Waals surface area contributed by atoms with Crippen LogP contribution in [0.2, 0.25) is 0 Å². The number of aryl methyl sites for hydroxylation is 1. The third-order valence-corrected chi connectivity index (χ3v) is 4.99. The molecule has 2 heterocycles. The Hall–Kier alpha value is -2.03. The number of carbonyl (C=O) groups excluding carboxylic acids is 2. The van der Waals surface area contributed by atoms with Crippen LogP contribution >= 0.6 is 11.8 Å². The van der Waals surface area contributed by atoms with Crippen LogP contribution in [-0.2, 0) is 16.0 Å². The van der Waals surface area contributed by atoms with Crippen molar-refractivity contribution in [1.82, 2.24) is 19.8 Å². The molecule has 8 nitrogen and oxygen atoms in total. The number of hydrogen-bond acceptors (Lipinski definition) is 6. The van der Waals surface area contributed by atoms with Gasteiger partial charge in [0.15, 0.2) is 5.16 Å². The summed E-state index contributed by atoms with van der Waals surface area (Å²) >= 11 is 1.38. The van der Waals surface area contributed by atoms with Gasteiger partial charge >= 0.3 is 6.09 Å². The Kier molecular flexibility index (Phi) is 7.70. The van der Waals surface area contributed by atoms with Crippen LogP contribution in [0.15, 0.2) is 9.95 Å². The van der Waals surface area contributed by atoms with Gasteiger partial charge in [0, 0.05) is 43.9 Å². The van der Waals surface area contributed by atoms with Crippen LogP contribution in [0.3, 0.4) is 0 Å². The van der Waals surface area contributed by atoms with Crippen LogP contribution in [-0.4, -0.2) is 70.8 Å². The van der Waals surface area contributed by atoms with Gasteiger partial charge in [0.2, 0.25) is 5.91 Å². The molecule has 1 fully saturated rings. The van der Waals surface area contributed by atoms with Gasteiger partial charge in [-0.05, 0) is 25.5 Å². The van der Waals surface area contributed by atoms with Gasteiger partial charge in [-0.3, -0.25) is 9.59 Å². The highest BCUT2D eigenvalue weighted by Crippen LogP contribution is 2.11. The average molecular weight is 397 g/mol. The zero-order chi connectivity index (χ0) is 20.0. The lowest BCUT2D eigenvalue weighted by Crippen LogP contribution is -2.51. The molecular formula is C18H28N4O4S. The van der Waals surface area contributed by atoms with Crippen molar-refractivity contribution in [3.8, 4) is 0 Å². The smallest absolute Gasteiger partial charge is 0.409 e. The number of aromatic nitrogens is 2. The number of rotatable bonds is 6. The third kappa shape index (κ3) is 5.98. The molecule has 1 N–H and O–H groups in total. The molecule has 27 heavy (non-hydrogen) atoms. The minimum atomic E-state index is -0.321. The highest BCUT2D eigenvalue weighted by atomic mass is 32.2. The van der Waals surface area contributed by atoms with E-state index in [1.807, 2.05) is 20.1 Å². The molecule has 1 aliphatic rings. The molecule has 2 amide bonds. The fraction of sp³-hybridized carbons (Fsp3) is 0.667. The second-order valence-corrected chi connectivity index (χ2v) is 7.77. The van der Waals surface area contributed by atoms with Crippen LogP contribution in [0.25, 0.3) is 0 Å². The Morgan fingerprint density at radius 2 is 1.85 bits per heavy atom. The number of carbonyl (C=O) groups is 2. The lowest BCUT2D eigenvalue weighted by molar-refractivity contribution is -0.132. The minimum absolute atomic E-state index is 0.0158. The summed E-state index contributed by atoms with van der Waals surface area (Å²) in [7, 11) is 0. The Bertz CT molecular complexity index is 727. The molecule has 0 spiro atoms. The Balaban J connectivity index is 1.83. The number of thioether (sulfide) groups is 1. The second-order valence-electron chi connectivity index (χ2n) is 6.98. The first kappa shape index (κ1) is 21.3. The number of ether oxygens (including phenoxy) is 1. The van der Waals surface area contributed by atoms with E-state index in [0.29, 0.717) is 61.5 Å². The second kappa shape index (κ2) is 9.77. The molecule has 0 bridgehead atoms. The van der Waals surface area contributed by atoms with Gasteiger partial charge in [-0.15, -0.1) is 0 Å². The van der Waals surface area contributed by atoms with Gasteiger partial charge in [-0.25, -0.2) is 9.78 Å². The Morgan fingerprint density at radius 3 is 2.41 bits per heavy atom. The summed E-state index contributed by atoms with van der Waals surface area (Å²) in [5.74, 6) is 0.279. The molecule has 1 saturated heterocycles. The highest BCUT2D eigenvalue weighted by molar-refractivity contribution is 7.98. The van der Waals surface area contributed by atoms with Gasteiger partial charge < -0.3 is 19.5 Å². The van der Waals surface area contributed by atoms with Gasteiger partial charge in [0.25, 0.3) is 5.56 Å². The first-order valence-corrected chi connectivity index (χ1v) is 10.4. The van der Waals surface area contributed by atoms with Crippen LogP contribution in [0.4, 0.5) is 4.79 Å². The van der Waals surface area contributed by atoms with Crippen molar-refractivity contribution in [1.29, 1.82) is 0 Å². The fourth-order valence-corrected chi connectivity index (χ4v) is 3.26. The van der Waals surface area contributed by atoms with Gasteiger partial charge in [-0.1, -0.05) is 25.6 Å². The minimum Gasteiger partial charge on any atom is -0.449 e. The molecule has 0 radical (unpaired) electrons. The fourth-order valence-electron chi connectivity index (χ4n) is 2.83. The Morgan fingerprint density at radius 1 is 1.22 bits per heavy atom. The van der Waals surface area contributed by atoms with E-state index < -0.39 is 0 Å². The van der Waals surface area contributed by atoms with E-state index in [1.54, 1.807) is 16.7 Å². The number of hydrogen-bond donors (Lipinski definition) is 1. The van der Waals surface area contributed by atoms with E-state index in [9.17, 15) is 14.4 Å². The molecule has 0 aliphatic carbocycles. The van der Waals surface area contributed by atoms with Crippen molar-refractivity contribution >= 4 is 23.8 Å². The molecule has 1 aliphatic heterocycles. The normalized spacial score (nSPS) is 14.6. The summed E-state index contributed by atoms with van der Waals surface area (Å²) in [5, 5.41) is 0.577. The summed E-state index contributed by atoms with van der Waals surface area (Å²) in [5.41, 5.74) is 1.03. The lowest BCUT2D eigenvalue weighted by Gasteiger charge is -2.34. The summed E-state index contributed by atoms with van der Waals surface area (Å²) in [6, 6.07) is 0. The molecule has 9 heteroatoms. The van der Waals surface area contributed by atoms with E-state index in [0.717, 1.165) is 0 Å². The van der Waals surface area contributed by atoms with Crippen molar-refractivity contribution in [2.75, 3.05) is 39.0 Å². The highest BCUT2D eigenvalue weighted by Gasteiger charge is 2.25. The van der Waals surface area contributed by atoms with Crippen molar-refractivity contribution in [3.05, 3.63) is 21.6 Å². The van der Waals surface area contributed by atoms with Crippen molar-refractivity contribution in [2.24, 2.45) is 5.92 Å². The molecular weight excluding hydrogens is 368 g/mol. The number of amides is 2. The summed E-state index contributed by atoms with van der Waals surface area (Å²) < 4.78 is 5.23. The summed E-state index contributed by atoms with van der Waals surface area (Å²) in [6.45, 7) is 8.05. The molecule has 1 aromatic heterocycles. The van der Waals surface area contributed by atoms with Gasteiger partial charge in [-0.2, -0.15) is 0 Å². The quantitative estimate of drug-likeness (QED) is 0.580. The first-order valence-electron chi connectivity index (χ1n) is 9.15. The first-order chi connectivity index (χ1) is 12.8. The van der Waals surface area contributed by atoms with Crippen LogP contribution in [0, 0.1) is 12.8 Å². The Labute approximate surface area is 163 Å². The van der Waals surface area contributed by atoms with Crippen LogP contribution < -0.4 is 5.56 Å². The zero-order valence-electron chi connectivity index (χ0n) is 16.4. The van der Waals surface area contributed by atoms with Crippen LogP contribution in [0.1, 0.15) is 31.5 Å². The third-order valence-electron chi connectivity index (χ3n) is 4.41. The lowest BCUT2D eigenvalue weighted by atomic mass is 10.1. The number of piperazine rings is 1. The maximum Gasteiger partial charge on any atom is 0.409 e. The molecule has 0 aromatic carbocycles. The average Bonchev–Trinajstić information content (AvgIpc) is 2.65. The monoisotopic (exact) mass is 396 g/mol.